The summed E-state index contributed by atoms with van der Waals surface area (Å²) in [6.07, 6.45) is 0.803. The van der Waals surface area contributed by atoms with Crippen molar-refractivity contribution in [3.05, 3.63) is 33.9 Å². The molecule has 1 fully saturated rings. The molecule has 1 saturated heterocycles. The Morgan fingerprint density at radius 3 is 2.95 bits per heavy atom. The van der Waals surface area contributed by atoms with Crippen molar-refractivity contribution in [3.8, 4) is 0 Å². The van der Waals surface area contributed by atoms with Crippen LogP contribution in [0.4, 0.5) is 11.4 Å². The molecular formula is C14H19N3O4. The van der Waals surface area contributed by atoms with Crippen molar-refractivity contribution < 1.29 is 14.5 Å². The van der Waals surface area contributed by atoms with E-state index in [2.05, 4.69) is 5.32 Å². The highest BCUT2D eigenvalue weighted by molar-refractivity contribution is 6.00. The van der Waals surface area contributed by atoms with E-state index in [4.69, 9.17) is 4.74 Å². The number of nitrogens with one attached hydrogen (secondary N) is 1. The maximum absolute atomic E-state index is 12.6. The van der Waals surface area contributed by atoms with Crippen LogP contribution < -0.4 is 5.32 Å². The fourth-order valence-electron chi connectivity index (χ4n) is 2.44. The van der Waals surface area contributed by atoms with Crippen LogP contribution in [0.25, 0.3) is 0 Å². The fraction of sp³-hybridized carbons (Fsp3) is 0.500. The van der Waals surface area contributed by atoms with Crippen molar-refractivity contribution in [2.45, 2.75) is 19.4 Å². The summed E-state index contributed by atoms with van der Waals surface area (Å²) < 4.78 is 5.53. The molecular weight excluding hydrogens is 274 g/mol. The minimum Gasteiger partial charge on any atom is -0.383 e. The summed E-state index contributed by atoms with van der Waals surface area (Å²) >= 11 is 0. The summed E-state index contributed by atoms with van der Waals surface area (Å²) in [5, 5.41) is 14.0. The molecule has 1 aliphatic rings. The SMILES string of the molecule is CCC1CN(C(=O)c2cccc(NC)c2[N+](=O)[O-])CCO1. The van der Waals surface area contributed by atoms with E-state index in [-0.39, 0.29) is 23.3 Å². The Morgan fingerprint density at radius 2 is 2.33 bits per heavy atom. The summed E-state index contributed by atoms with van der Waals surface area (Å²) in [4.78, 5) is 25.0. The van der Waals surface area contributed by atoms with Gasteiger partial charge in [0.2, 0.25) is 0 Å². The Balaban J connectivity index is 2.32. The van der Waals surface area contributed by atoms with Gasteiger partial charge in [0, 0.05) is 20.1 Å². The molecule has 0 bridgehead atoms. The van der Waals surface area contributed by atoms with Crippen LogP contribution in [0.5, 0.6) is 0 Å². The standard InChI is InChI=1S/C14H19N3O4/c1-3-10-9-16(7-8-21-10)14(18)11-5-4-6-12(15-2)13(11)17(19)20/h4-6,10,15H,3,7-9H2,1-2H3. The second-order valence-electron chi connectivity index (χ2n) is 4.86. The first kappa shape index (κ1) is 15.2. The van der Waals surface area contributed by atoms with Crippen LogP contribution in [0.15, 0.2) is 18.2 Å². The van der Waals surface area contributed by atoms with Crippen LogP contribution in [0.1, 0.15) is 23.7 Å². The highest BCUT2D eigenvalue weighted by Crippen LogP contribution is 2.29. The minimum absolute atomic E-state index is 0.00533. The first-order valence-corrected chi connectivity index (χ1v) is 6.94. The van der Waals surface area contributed by atoms with Crippen LogP contribution >= 0.6 is 0 Å². The Kier molecular flexibility index (Phi) is 4.74. The molecule has 1 unspecified atom stereocenters. The van der Waals surface area contributed by atoms with Gasteiger partial charge >= 0.3 is 5.69 Å². The molecule has 2 rings (SSSR count). The predicted molar refractivity (Wildman–Crippen MR) is 78.6 cm³/mol. The van der Waals surface area contributed by atoms with Gasteiger partial charge < -0.3 is 15.0 Å². The number of ether oxygens (including phenoxy) is 1. The minimum atomic E-state index is -0.517. The van der Waals surface area contributed by atoms with Crippen molar-refractivity contribution in [1.29, 1.82) is 0 Å². The molecule has 1 aliphatic heterocycles. The molecule has 0 radical (unpaired) electrons. The number of nitrogens with zero attached hydrogens (tertiary/aromatic N) is 2. The Labute approximate surface area is 123 Å². The zero-order valence-electron chi connectivity index (χ0n) is 12.2. The third-order valence-corrected chi connectivity index (χ3v) is 3.60. The van der Waals surface area contributed by atoms with Gasteiger partial charge in [0.25, 0.3) is 5.91 Å². The number of nitro benzene ring substituents is 1. The smallest absolute Gasteiger partial charge is 0.305 e. The van der Waals surface area contributed by atoms with E-state index < -0.39 is 4.92 Å². The van der Waals surface area contributed by atoms with Crippen molar-refractivity contribution >= 4 is 17.3 Å². The average Bonchev–Trinajstić information content (AvgIpc) is 2.53. The van der Waals surface area contributed by atoms with Crippen LogP contribution in [-0.2, 0) is 4.74 Å². The van der Waals surface area contributed by atoms with E-state index in [0.717, 1.165) is 6.42 Å². The maximum Gasteiger partial charge on any atom is 0.305 e. The van der Waals surface area contributed by atoms with E-state index in [9.17, 15) is 14.9 Å². The lowest BCUT2D eigenvalue weighted by Gasteiger charge is -2.32. The number of para-hydroxylation sites is 1. The Hall–Kier alpha value is -2.15. The van der Waals surface area contributed by atoms with Crippen LogP contribution in [0, 0.1) is 10.1 Å². The number of morpholine rings is 1. The highest BCUT2D eigenvalue weighted by atomic mass is 16.6. The summed E-state index contributed by atoms with van der Waals surface area (Å²) in [7, 11) is 1.60. The molecule has 1 atom stereocenters. The highest BCUT2D eigenvalue weighted by Gasteiger charge is 2.30. The number of benzene rings is 1. The number of carbonyl (C=O) groups is 1. The maximum atomic E-state index is 12.6. The van der Waals surface area contributed by atoms with Crippen LogP contribution in [-0.4, -0.2) is 48.6 Å². The van der Waals surface area contributed by atoms with Gasteiger partial charge in [-0.3, -0.25) is 14.9 Å². The van der Waals surface area contributed by atoms with Gasteiger partial charge in [-0.2, -0.15) is 0 Å². The number of carbonyl (C=O) groups excluding carboxylic acids is 1. The molecule has 114 valence electrons. The van der Waals surface area contributed by atoms with Gasteiger partial charge in [-0.15, -0.1) is 0 Å². The lowest BCUT2D eigenvalue weighted by molar-refractivity contribution is -0.384. The predicted octanol–water partition coefficient (Wildman–Crippen LogP) is 1.89. The number of hydrogen-bond donors (Lipinski definition) is 1. The number of amides is 1. The fourth-order valence-corrected chi connectivity index (χ4v) is 2.44. The lowest BCUT2D eigenvalue weighted by Crippen LogP contribution is -2.45. The van der Waals surface area contributed by atoms with Crippen molar-refractivity contribution in [2.24, 2.45) is 0 Å². The molecule has 0 aliphatic carbocycles. The third-order valence-electron chi connectivity index (χ3n) is 3.60. The van der Waals surface area contributed by atoms with Crippen LogP contribution in [0.2, 0.25) is 0 Å². The summed E-state index contributed by atoms with van der Waals surface area (Å²) in [6.45, 7) is 3.37. The summed E-state index contributed by atoms with van der Waals surface area (Å²) in [5.74, 6) is -0.319. The third kappa shape index (κ3) is 3.13. The first-order chi connectivity index (χ1) is 10.1. The van der Waals surface area contributed by atoms with E-state index in [1.165, 1.54) is 6.07 Å². The number of hydrogen-bond acceptors (Lipinski definition) is 5. The van der Waals surface area contributed by atoms with Gasteiger partial charge in [0.1, 0.15) is 11.3 Å². The first-order valence-electron chi connectivity index (χ1n) is 6.94. The molecule has 0 spiro atoms. The monoisotopic (exact) mass is 293 g/mol. The molecule has 21 heavy (non-hydrogen) atoms. The van der Waals surface area contributed by atoms with Gasteiger partial charge in [-0.1, -0.05) is 13.0 Å². The van der Waals surface area contributed by atoms with Crippen molar-refractivity contribution in [1.82, 2.24) is 4.90 Å². The Bertz CT molecular complexity index is 547. The second-order valence-corrected chi connectivity index (χ2v) is 4.86. The summed E-state index contributed by atoms with van der Waals surface area (Å²) in [6, 6.07) is 4.73. The molecule has 1 amide bonds. The topological polar surface area (TPSA) is 84.7 Å². The van der Waals surface area contributed by atoms with Gasteiger partial charge in [0.15, 0.2) is 0 Å². The van der Waals surface area contributed by atoms with Gasteiger partial charge in [0.05, 0.1) is 17.6 Å². The molecule has 1 aromatic rings. The molecule has 1 aromatic carbocycles. The largest absolute Gasteiger partial charge is 0.383 e. The number of anilines is 1. The van der Waals surface area contributed by atoms with E-state index in [0.29, 0.717) is 25.4 Å². The summed E-state index contributed by atoms with van der Waals surface area (Å²) in [5.41, 5.74) is 0.277. The normalized spacial score (nSPS) is 18.4. The van der Waals surface area contributed by atoms with Gasteiger partial charge in [-0.25, -0.2) is 0 Å². The molecule has 7 heteroatoms. The van der Waals surface area contributed by atoms with Crippen molar-refractivity contribution in [3.63, 3.8) is 0 Å². The molecule has 1 heterocycles. The molecule has 0 saturated carbocycles. The number of rotatable bonds is 4. The quantitative estimate of drug-likeness (QED) is 0.677. The molecule has 7 nitrogen and oxygen atoms in total. The Morgan fingerprint density at radius 1 is 1.57 bits per heavy atom. The lowest BCUT2D eigenvalue weighted by atomic mass is 10.1. The second kappa shape index (κ2) is 6.53. The number of nitro groups is 1. The molecule has 0 aromatic heterocycles. The van der Waals surface area contributed by atoms with E-state index >= 15 is 0 Å². The van der Waals surface area contributed by atoms with E-state index in [1.807, 2.05) is 6.92 Å². The van der Waals surface area contributed by atoms with E-state index in [1.54, 1.807) is 24.1 Å². The van der Waals surface area contributed by atoms with Crippen LogP contribution in [0.3, 0.4) is 0 Å². The zero-order valence-corrected chi connectivity index (χ0v) is 12.2. The zero-order chi connectivity index (χ0) is 15.4. The van der Waals surface area contributed by atoms with Crippen molar-refractivity contribution in [2.75, 3.05) is 32.1 Å². The van der Waals surface area contributed by atoms with Gasteiger partial charge in [-0.05, 0) is 18.6 Å². The molecule has 1 N–H and O–H groups in total. The average molecular weight is 293 g/mol.